The first-order valence-electron chi connectivity index (χ1n) is 6.43. The number of fused-ring (bicyclic) bond motifs is 3. The number of nitrogens with zero attached hydrogens (tertiary/aromatic N) is 4. The molecule has 2 N–H and O–H groups in total. The number of H-pyrrole nitrogens is 2. The molecule has 4 aromatic heterocycles. The summed E-state index contributed by atoms with van der Waals surface area (Å²) in [6, 6.07) is 5.16. The molecule has 7 nitrogen and oxygen atoms in total. The van der Waals surface area contributed by atoms with Gasteiger partial charge in [0.05, 0.1) is 22.2 Å². The summed E-state index contributed by atoms with van der Waals surface area (Å²) in [6.07, 6.45) is -2.52. The second-order valence-electron chi connectivity index (χ2n) is 4.80. The van der Waals surface area contributed by atoms with E-state index >= 15 is 0 Å². The van der Waals surface area contributed by atoms with Crippen molar-refractivity contribution in [2.75, 3.05) is 0 Å². The van der Waals surface area contributed by atoms with Crippen LogP contribution in [0.4, 0.5) is 13.2 Å². The lowest BCUT2D eigenvalue weighted by Crippen LogP contribution is -2.17. The average molecular weight is 320 g/mol. The summed E-state index contributed by atoms with van der Waals surface area (Å²) < 4.78 is 41.1. The highest BCUT2D eigenvalue weighted by molar-refractivity contribution is 6.02. The Kier molecular flexibility index (Phi) is 2.59. The van der Waals surface area contributed by atoms with Crippen molar-refractivity contribution in [1.29, 1.82) is 0 Å². The summed E-state index contributed by atoms with van der Waals surface area (Å²) in [4.78, 5) is 16.7. The van der Waals surface area contributed by atoms with Crippen LogP contribution in [0.25, 0.3) is 27.9 Å². The Morgan fingerprint density at radius 2 is 2.04 bits per heavy atom. The third kappa shape index (κ3) is 1.99. The molecule has 0 aliphatic rings. The van der Waals surface area contributed by atoms with Crippen LogP contribution in [0.15, 0.2) is 35.4 Å². The Hall–Kier alpha value is -3.17. The molecule has 0 atom stereocenters. The highest BCUT2D eigenvalue weighted by atomic mass is 19.4. The third-order valence-electron chi connectivity index (χ3n) is 3.40. The minimum Gasteiger partial charge on any atom is -0.303 e. The standard InChI is InChI=1S/C13H7F3N6O/c14-13(15,16)6-5-17-12(23)18-9(6)10-8-7-3-1-2-4-22(7)21-11(8)20-19-10/h1-5H,(H,20,21)(H,17,18,23). The Morgan fingerprint density at radius 3 is 2.83 bits per heavy atom. The van der Waals surface area contributed by atoms with E-state index in [4.69, 9.17) is 0 Å². The maximum absolute atomic E-state index is 13.2. The molecule has 4 aromatic rings. The number of hydrogen-bond donors (Lipinski definition) is 2. The van der Waals surface area contributed by atoms with E-state index in [-0.39, 0.29) is 5.69 Å². The monoisotopic (exact) mass is 320 g/mol. The summed E-state index contributed by atoms with van der Waals surface area (Å²) >= 11 is 0. The van der Waals surface area contributed by atoms with E-state index in [1.165, 1.54) is 4.52 Å². The van der Waals surface area contributed by atoms with Gasteiger partial charge in [0.15, 0.2) is 5.65 Å². The lowest BCUT2D eigenvalue weighted by atomic mass is 10.1. The van der Waals surface area contributed by atoms with Crippen LogP contribution in [0.5, 0.6) is 0 Å². The van der Waals surface area contributed by atoms with Gasteiger partial charge in [-0.3, -0.25) is 5.10 Å². The van der Waals surface area contributed by atoms with E-state index in [9.17, 15) is 18.0 Å². The molecule has 0 amide bonds. The molecule has 0 saturated heterocycles. The zero-order valence-corrected chi connectivity index (χ0v) is 11.2. The number of alkyl halides is 3. The fraction of sp³-hybridized carbons (Fsp3) is 0.0769. The van der Waals surface area contributed by atoms with Crippen molar-refractivity contribution in [3.05, 3.63) is 46.6 Å². The maximum Gasteiger partial charge on any atom is 0.419 e. The Labute approximate surface area is 124 Å². The zero-order chi connectivity index (χ0) is 16.2. The molecule has 4 heterocycles. The Morgan fingerprint density at radius 1 is 1.22 bits per heavy atom. The number of pyridine rings is 1. The second-order valence-corrected chi connectivity index (χ2v) is 4.80. The quantitative estimate of drug-likeness (QED) is 0.561. The largest absolute Gasteiger partial charge is 0.419 e. The van der Waals surface area contributed by atoms with E-state index in [1.54, 1.807) is 24.4 Å². The van der Waals surface area contributed by atoms with Gasteiger partial charge in [0.1, 0.15) is 5.69 Å². The summed E-state index contributed by atoms with van der Waals surface area (Å²) in [5.41, 5.74) is -1.55. The van der Waals surface area contributed by atoms with Crippen LogP contribution in [0.2, 0.25) is 0 Å². The molecule has 4 rings (SSSR count). The van der Waals surface area contributed by atoms with Crippen LogP contribution < -0.4 is 5.69 Å². The average Bonchev–Trinajstić information content (AvgIpc) is 3.04. The number of aromatic nitrogens is 6. The topological polar surface area (TPSA) is 91.7 Å². The highest BCUT2D eigenvalue weighted by Crippen LogP contribution is 2.37. The molecule has 116 valence electrons. The molecule has 0 saturated carbocycles. The normalized spacial score (nSPS) is 12.3. The second kappa shape index (κ2) is 4.41. The van der Waals surface area contributed by atoms with Gasteiger partial charge >= 0.3 is 11.9 Å². The van der Waals surface area contributed by atoms with Crippen molar-refractivity contribution < 1.29 is 13.2 Å². The first kappa shape index (κ1) is 13.5. The number of halogens is 3. The number of rotatable bonds is 1. The molecular weight excluding hydrogens is 313 g/mol. The molecule has 0 spiro atoms. The molecule has 23 heavy (non-hydrogen) atoms. The fourth-order valence-corrected chi connectivity index (χ4v) is 2.45. The van der Waals surface area contributed by atoms with Crippen LogP contribution in [0.3, 0.4) is 0 Å². The Balaban J connectivity index is 2.11. The molecule has 10 heteroatoms. The van der Waals surface area contributed by atoms with Gasteiger partial charge in [-0.25, -0.2) is 14.3 Å². The SMILES string of the molecule is O=c1ncc(C(F)(F)F)c(-c2n[nH]c3nn4ccccc4c23)[nH]1. The minimum atomic E-state index is -4.68. The highest BCUT2D eigenvalue weighted by Gasteiger charge is 2.36. The molecule has 0 unspecified atom stereocenters. The van der Waals surface area contributed by atoms with Crippen LogP contribution in [0, 0.1) is 0 Å². The van der Waals surface area contributed by atoms with Crippen molar-refractivity contribution in [2.24, 2.45) is 0 Å². The summed E-state index contributed by atoms with van der Waals surface area (Å²) in [7, 11) is 0. The first-order valence-corrected chi connectivity index (χ1v) is 6.43. The molecule has 0 radical (unpaired) electrons. The minimum absolute atomic E-state index is 0.0342. The van der Waals surface area contributed by atoms with Gasteiger partial charge < -0.3 is 4.98 Å². The predicted octanol–water partition coefficient (Wildman–Crippen LogP) is 1.98. The van der Waals surface area contributed by atoms with E-state index in [2.05, 4.69) is 25.3 Å². The van der Waals surface area contributed by atoms with Gasteiger partial charge in [-0.15, -0.1) is 5.10 Å². The van der Waals surface area contributed by atoms with Gasteiger partial charge in [-0.2, -0.15) is 18.3 Å². The zero-order valence-electron chi connectivity index (χ0n) is 11.2. The smallest absolute Gasteiger partial charge is 0.303 e. The molecule has 0 bridgehead atoms. The third-order valence-corrected chi connectivity index (χ3v) is 3.40. The summed E-state index contributed by atoms with van der Waals surface area (Å²) in [6.45, 7) is 0. The molecule has 0 aliphatic carbocycles. The van der Waals surface area contributed by atoms with Gasteiger partial charge in [-0.05, 0) is 12.1 Å². The van der Waals surface area contributed by atoms with Gasteiger partial charge in [0.25, 0.3) is 0 Å². The van der Waals surface area contributed by atoms with Crippen molar-refractivity contribution >= 4 is 16.6 Å². The lowest BCUT2D eigenvalue weighted by molar-refractivity contribution is -0.137. The summed E-state index contributed by atoms with van der Waals surface area (Å²) in [5.74, 6) is 0. The van der Waals surface area contributed by atoms with Crippen molar-refractivity contribution in [1.82, 2.24) is 29.8 Å². The molecule has 0 aromatic carbocycles. The van der Waals surface area contributed by atoms with Gasteiger partial charge in [0.2, 0.25) is 0 Å². The van der Waals surface area contributed by atoms with Crippen LogP contribution in [-0.4, -0.2) is 29.8 Å². The van der Waals surface area contributed by atoms with Crippen molar-refractivity contribution in [3.63, 3.8) is 0 Å². The number of aromatic amines is 2. The first-order chi connectivity index (χ1) is 10.9. The van der Waals surface area contributed by atoms with E-state index < -0.39 is 23.1 Å². The number of hydrogen-bond acceptors (Lipinski definition) is 4. The van der Waals surface area contributed by atoms with Crippen LogP contribution in [-0.2, 0) is 6.18 Å². The van der Waals surface area contributed by atoms with Crippen molar-refractivity contribution in [3.8, 4) is 11.4 Å². The predicted molar refractivity (Wildman–Crippen MR) is 73.7 cm³/mol. The molecule has 0 aliphatic heterocycles. The van der Waals surface area contributed by atoms with Crippen LogP contribution >= 0.6 is 0 Å². The van der Waals surface area contributed by atoms with E-state index in [0.717, 1.165) is 0 Å². The van der Waals surface area contributed by atoms with Gasteiger partial charge in [0, 0.05) is 12.4 Å². The van der Waals surface area contributed by atoms with Crippen molar-refractivity contribution in [2.45, 2.75) is 6.18 Å². The molecule has 0 fully saturated rings. The fourth-order valence-electron chi connectivity index (χ4n) is 2.45. The Bertz CT molecular complexity index is 1090. The van der Waals surface area contributed by atoms with Gasteiger partial charge in [-0.1, -0.05) is 6.07 Å². The van der Waals surface area contributed by atoms with E-state index in [1.807, 2.05) is 0 Å². The molecular formula is C13H7F3N6O. The lowest BCUT2D eigenvalue weighted by Gasteiger charge is -2.09. The van der Waals surface area contributed by atoms with E-state index in [0.29, 0.717) is 22.7 Å². The number of nitrogens with one attached hydrogen (secondary N) is 2. The van der Waals surface area contributed by atoms with Crippen LogP contribution in [0.1, 0.15) is 5.56 Å². The summed E-state index contributed by atoms with van der Waals surface area (Å²) in [5, 5.41) is 11.0. The maximum atomic E-state index is 13.2.